The summed E-state index contributed by atoms with van der Waals surface area (Å²) in [6.07, 6.45) is 1.89. The molecule has 0 aliphatic heterocycles. The van der Waals surface area contributed by atoms with E-state index in [0.717, 1.165) is 83.3 Å². The Balaban J connectivity index is 0.00000539. The standard InChI is InChI=1S/C62H50N3O2.Pt/c1-61(2,3)46-28-29-54(50(36-46)42-18-11-8-12-19-42)65-55-22-15-21-48(59(55)64-60(65)52-37-51-49-20-13-14-23-57(49)67-58(51)38-56(52)66)44-32-45(34-47(33-44)62(4,5)6)53-35-43(30-31-63-53)41-26-24-40(25-27-41)39-16-9-7-10-17-39;/h7-31,33-38,66H,1-6H3;/q-1;. The zero-order chi connectivity index (χ0) is 46.0. The summed E-state index contributed by atoms with van der Waals surface area (Å²) < 4.78 is 8.46. The van der Waals surface area contributed by atoms with Crippen LogP contribution in [0.2, 0.25) is 0 Å². The Hall–Kier alpha value is -7.33. The first-order valence-corrected chi connectivity index (χ1v) is 22.9. The largest absolute Gasteiger partial charge is 0.507 e. The maximum Gasteiger partial charge on any atom is 0.148 e. The van der Waals surface area contributed by atoms with Gasteiger partial charge in [0.05, 0.1) is 22.3 Å². The van der Waals surface area contributed by atoms with Crippen LogP contribution in [0.25, 0.3) is 106 Å². The van der Waals surface area contributed by atoms with Crippen molar-refractivity contribution >= 4 is 33.0 Å². The molecule has 336 valence electrons. The van der Waals surface area contributed by atoms with Gasteiger partial charge in [0, 0.05) is 55.4 Å². The van der Waals surface area contributed by atoms with Crippen LogP contribution in [-0.4, -0.2) is 19.6 Å². The van der Waals surface area contributed by atoms with Crippen molar-refractivity contribution in [1.29, 1.82) is 0 Å². The predicted octanol–water partition coefficient (Wildman–Crippen LogP) is 16.4. The Morgan fingerprint density at radius 3 is 1.87 bits per heavy atom. The van der Waals surface area contributed by atoms with Crippen molar-refractivity contribution in [2.24, 2.45) is 0 Å². The first kappa shape index (κ1) is 44.5. The van der Waals surface area contributed by atoms with Crippen molar-refractivity contribution < 1.29 is 30.6 Å². The molecule has 11 aromatic rings. The summed E-state index contributed by atoms with van der Waals surface area (Å²) in [6.45, 7) is 13.5. The summed E-state index contributed by atoms with van der Waals surface area (Å²) in [5.41, 5.74) is 17.1. The van der Waals surface area contributed by atoms with Gasteiger partial charge in [-0.05, 0) is 80.6 Å². The third kappa shape index (κ3) is 8.16. The van der Waals surface area contributed by atoms with Crippen molar-refractivity contribution in [3.8, 4) is 78.6 Å². The fourth-order valence-electron chi connectivity index (χ4n) is 9.26. The summed E-state index contributed by atoms with van der Waals surface area (Å²) in [4.78, 5) is 10.5. The first-order valence-electron chi connectivity index (χ1n) is 22.9. The van der Waals surface area contributed by atoms with Crippen molar-refractivity contribution in [3.63, 3.8) is 0 Å². The molecular formula is C62H50N3O2Pt-. The number of benzene rings is 8. The Bertz CT molecular complexity index is 3650. The molecule has 0 aliphatic rings. The van der Waals surface area contributed by atoms with E-state index in [1.807, 2.05) is 36.5 Å². The van der Waals surface area contributed by atoms with Gasteiger partial charge in [0.15, 0.2) is 0 Å². The van der Waals surface area contributed by atoms with Crippen LogP contribution in [0.3, 0.4) is 0 Å². The summed E-state index contributed by atoms with van der Waals surface area (Å²) in [6, 6.07) is 67.1. The van der Waals surface area contributed by atoms with Gasteiger partial charge in [0.1, 0.15) is 22.7 Å². The number of aromatic hydroxyl groups is 1. The normalized spacial score (nSPS) is 11.9. The molecule has 0 atom stereocenters. The Labute approximate surface area is 412 Å². The van der Waals surface area contributed by atoms with Crippen molar-refractivity contribution in [3.05, 3.63) is 205 Å². The number of phenols is 1. The van der Waals surface area contributed by atoms with Crippen LogP contribution in [0.1, 0.15) is 52.7 Å². The van der Waals surface area contributed by atoms with E-state index < -0.39 is 0 Å². The van der Waals surface area contributed by atoms with Crippen molar-refractivity contribution in [1.82, 2.24) is 14.5 Å². The topological polar surface area (TPSA) is 64.1 Å². The number of para-hydroxylation sites is 2. The second-order valence-corrected chi connectivity index (χ2v) is 19.6. The summed E-state index contributed by atoms with van der Waals surface area (Å²) in [7, 11) is 0. The maximum absolute atomic E-state index is 12.0. The zero-order valence-electron chi connectivity index (χ0n) is 38.9. The molecule has 5 nitrogen and oxygen atoms in total. The van der Waals surface area contributed by atoms with E-state index >= 15 is 0 Å². The Kier molecular flexibility index (Phi) is 11.4. The average Bonchev–Trinajstić information content (AvgIpc) is 3.91. The smallest absolute Gasteiger partial charge is 0.148 e. The molecule has 0 saturated carbocycles. The molecule has 3 aromatic heterocycles. The zero-order valence-corrected chi connectivity index (χ0v) is 41.2. The van der Waals surface area contributed by atoms with Crippen LogP contribution in [0.15, 0.2) is 193 Å². The van der Waals surface area contributed by atoms with E-state index in [-0.39, 0.29) is 37.6 Å². The second kappa shape index (κ2) is 17.4. The predicted molar refractivity (Wildman–Crippen MR) is 277 cm³/mol. The molecule has 1 N–H and O–H groups in total. The van der Waals surface area contributed by atoms with Crippen LogP contribution in [0.5, 0.6) is 5.75 Å². The Morgan fingerprint density at radius 2 is 1.15 bits per heavy atom. The summed E-state index contributed by atoms with van der Waals surface area (Å²) in [5, 5.41) is 13.9. The minimum absolute atomic E-state index is 0. The molecule has 0 amide bonds. The van der Waals surface area contributed by atoms with Gasteiger partial charge in [-0.3, -0.25) is 9.55 Å². The van der Waals surface area contributed by atoms with Crippen LogP contribution in [-0.2, 0) is 31.9 Å². The number of imidazole rings is 1. The summed E-state index contributed by atoms with van der Waals surface area (Å²) >= 11 is 0. The molecule has 0 radical (unpaired) electrons. The Morgan fingerprint density at radius 1 is 0.500 bits per heavy atom. The van der Waals surface area contributed by atoms with Gasteiger partial charge in [0.2, 0.25) is 0 Å². The van der Waals surface area contributed by atoms with E-state index in [2.05, 4.69) is 198 Å². The quantitative estimate of drug-likeness (QED) is 0.162. The van der Waals surface area contributed by atoms with Gasteiger partial charge in [-0.25, -0.2) is 4.98 Å². The second-order valence-electron chi connectivity index (χ2n) is 19.6. The molecule has 0 unspecified atom stereocenters. The van der Waals surface area contributed by atoms with E-state index in [1.165, 1.54) is 16.7 Å². The van der Waals surface area contributed by atoms with Gasteiger partial charge < -0.3 is 9.52 Å². The number of pyridine rings is 1. The van der Waals surface area contributed by atoms with Crippen molar-refractivity contribution in [2.75, 3.05) is 0 Å². The molecule has 0 spiro atoms. The molecule has 6 heteroatoms. The van der Waals surface area contributed by atoms with Gasteiger partial charge in [0.25, 0.3) is 0 Å². The number of fused-ring (bicyclic) bond motifs is 4. The third-order valence-corrected chi connectivity index (χ3v) is 13.0. The average molecular weight is 1060 g/mol. The van der Waals surface area contributed by atoms with Crippen molar-refractivity contribution in [2.45, 2.75) is 52.4 Å². The van der Waals surface area contributed by atoms with Crippen LogP contribution < -0.4 is 0 Å². The molecule has 0 fully saturated rings. The van der Waals surface area contributed by atoms with E-state index in [1.54, 1.807) is 6.07 Å². The molecule has 0 bridgehead atoms. The number of hydrogen-bond acceptors (Lipinski definition) is 4. The fraction of sp³-hybridized carbons (Fsp3) is 0.129. The molecule has 0 aliphatic carbocycles. The van der Waals surface area contributed by atoms with Crippen LogP contribution >= 0.6 is 0 Å². The number of aromatic nitrogens is 3. The van der Waals surface area contributed by atoms with Crippen LogP contribution in [0, 0.1) is 6.07 Å². The summed E-state index contributed by atoms with van der Waals surface area (Å²) in [5.74, 6) is 0.703. The number of furan rings is 1. The van der Waals surface area contributed by atoms with E-state index in [4.69, 9.17) is 14.4 Å². The number of rotatable bonds is 7. The van der Waals surface area contributed by atoms with Gasteiger partial charge in [-0.2, -0.15) is 0 Å². The number of nitrogens with zero attached hydrogens (tertiary/aromatic N) is 3. The van der Waals surface area contributed by atoms with Gasteiger partial charge in [-0.1, -0.05) is 180 Å². The SMILES string of the molecule is CC(C)(C)c1cc(-c2cc(-c3ccc(-c4ccccc4)cc3)ccn2)[c-]c(-c2cccc3c2nc(-c2cc4c(cc2O)oc2ccccc24)n3-c2ccc(C(C)(C)C)cc2-c2ccccc2)c1.[Pt]. The van der Waals surface area contributed by atoms with Gasteiger partial charge >= 0.3 is 0 Å². The third-order valence-electron chi connectivity index (χ3n) is 13.0. The molecule has 11 rings (SSSR count). The molecule has 8 aromatic carbocycles. The molecule has 68 heavy (non-hydrogen) atoms. The fourth-order valence-corrected chi connectivity index (χ4v) is 9.26. The van der Waals surface area contributed by atoms with Gasteiger partial charge in [-0.15, -0.1) is 29.3 Å². The molecular weight excluding hydrogens is 1010 g/mol. The first-order chi connectivity index (χ1) is 32.4. The molecule has 3 heterocycles. The molecule has 0 saturated heterocycles. The maximum atomic E-state index is 12.0. The monoisotopic (exact) mass is 1060 g/mol. The number of hydrogen-bond donors (Lipinski definition) is 1. The van der Waals surface area contributed by atoms with E-state index in [0.29, 0.717) is 17.0 Å². The number of phenolic OH excluding ortho intramolecular Hbond substituents is 1. The minimum atomic E-state index is -0.185. The van der Waals surface area contributed by atoms with Crippen LogP contribution in [0.4, 0.5) is 0 Å². The minimum Gasteiger partial charge on any atom is -0.507 e. The van der Waals surface area contributed by atoms with E-state index in [9.17, 15) is 5.11 Å².